The molecule has 2 atom stereocenters. The van der Waals surface area contributed by atoms with Crippen LogP contribution < -0.4 is 10.5 Å². The van der Waals surface area contributed by atoms with Crippen LogP contribution in [0.4, 0.5) is 0 Å². The van der Waals surface area contributed by atoms with Crippen molar-refractivity contribution in [3.05, 3.63) is 28.2 Å². The van der Waals surface area contributed by atoms with Crippen molar-refractivity contribution in [2.45, 2.75) is 32.4 Å². The molecule has 1 aromatic rings. The highest BCUT2D eigenvalue weighted by Gasteiger charge is 2.15. The first-order chi connectivity index (χ1) is 8.43. The number of carbonyl (C=O) groups excluding carboxylic acids is 1. The van der Waals surface area contributed by atoms with Gasteiger partial charge in [0, 0.05) is 10.5 Å². The van der Waals surface area contributed by atoms with Crippen LogP contribution in [0, 0.1) is 0 Å². The summed E-state index contributed by atoms with van der Waals surface area (Å²) in [5.41, 5.74) is 6.83. The van der Waals surface area contributed by atoms with E-state index in [1.54, 1.807) is 13.0 Å². The Balaban J connectivity index is 2.81. The van der Waals surface area contributed by atoms with Gasteiger partial charge in [0.05, 0.1) is 7.11 Å². The molecule has 2 N–H and O–H groups in total. The summed E-state index contributed by atoms with van der Waals surface area (Å²) in [6.07, 6.45) is 0.115. The summed E-state index contributed by atoms with van der Waals surface area (Å²) in [5, 5.41) is 0. The molecule has 18 heavy (non-hydrogen) atoms. The third-order valence-electron chi connectivity index (χ3n) is 2.41. The van der Waals surface area contributed by atoms with Gasteiger partial charge < -0.3 is 15.2 Å². The number of rotatable bonds is 5. The van der Waals surface area contributed by atoms with E-state index in [0.29, 0.717) is 5.75 Å². The molecule has 4 nitrogen and oxygen atoms in total. The van der Waals surface area contributed by atoms with Gasteiger partial charge in [0.2, 0.25) is 0 Å². The molecule has 1 aromatic carbocycles. The van der Waals surface area contributed by atoms with E-state index in [2.05, 4.69) is 20.7 Å². The van der Waals surface area contributed by atoms with Gasteiger partial charge in [-0.15, -0.1) is 0 Å². The number of hydrogen-bond donors (Lipinski definition) is 1. The SMILES string of the molecule is COC(=O)C(C)Oc1ccc(Br)c(CC(C)N)c1. The number of methoxy groups -OCH3 is 1. The van der Waals surface area contributed by atoms with Crippen molar-refractivity contribution in [2.24, 2.45) is 5.73 Å². The topological polar surface area (TPSA) is 61.5 Å². The van der Waals surface area contributed by atoms with Crippen LogP contribution in [0.3, 0.4) is 0 Å². The second kappa shape index (κ2) is 6.75. The van der Waals surface area contributed by atoms with Crippen molar-refractivity contribution in [1.82, 2.24) is 0 Å². The maximum Gasteiger partial charge on any atom is 0.346 e. The van der Waals surface area contributed by atoms with Crippen molar-refractivity contribution in [2.75, 3.05) is 7.11 Å². The lowest BCUT2D eigenvalue weighted by molar-refractivity contribution is -0.147. The van der Waals surface area contributed by atoms with Gasteiger partial charge in [0.1, 0.15) is 5.75 Å². The van der Waals surface area contributed by atoms with E-state index in [0.717, 1.165) is 16.5 Å². The number of ether oxygens (including phenoxy) is 2. The van der Waals surface area contributed by atoms with Crippen LogP contribution in [-0.4, -0.2) is 25.2 Å². The molecule has 0 bridgehead atoms. The first-order valence-electron chi connectivity index (χ1n) is 5.72. The minimum Gasteiger partial charge on any atom is -0.479 e. The van der Waals surface area contributed by atoms with Crippen molar-refractivity contribution in [3.63, 3.8) is 0 Å². The van der Waals surface area contributed by atoms with Gasteiger partial charge in [0.25, 0.3) is 0 Å². The highest BCUT2D eigenvalue weighted by molar-refractivity contribution is 9.10. The smallest absolute Gasteiger partial charge is 0.346 e. The first-order valence-corrected chi connectivity index (χ1v) is 6.51. The molecule has 2 unspecified atom stereocenters. The molecule has 0 aliphatic carbocycles. The molecular weight excluding hydrogens is 298 g/mol. The number of carbonyl (C=O) groups is 1. The Morgan fingerprint density at radius 3 is 2.67 bits per heavy atom. The fraction of sp³-hybridized carbons (Fsp3) is 0.462. The molecule has 0 radical (unpaired) electrons. The fourth-order valence-corrected chi connectivity index (χ4v) is 1.95. The van der Waals surface area contributed by atoms with Crippen LogP contribution >= 0.6 is 15.9 Å². The largest absolute Gasteiger partial charge is 0.479 e. The van der Waals surface area contributed by atoms with Gasteiger partial charge in [-0.05, 0) is 44.0 Å². The lowest BCUT2D eigenvalue weighted by Crippen LogP contribution is -2.25. The van der Waals surface area contributed by atoms with Gasteiger partial charge >= 0.3 is 5.97 Å². The highest BCUT2D eigenvalue weighted by atomic mass is 79.9. The Kier molecular flexibility index (Phi) is 5.62. The van der Waals surface area contributed by atoms with Gasteiger partial charge in [-0.3, -0.25) is 0 Å². The van der Waals surface area contributed by atoms with E-state index in [1.165, 1.54) is 7.11 Å². The van der Waals surface area contributed by atoms with Crippen LogP contribution in [-0.2, 0) is 16.0 Å². The summed E-state index contributed by atoms with van der Waals surface area (Å²) in [6.45, 7) is 3.59. The summed E-state index contributed by atoms with van der Waals surface area (Å²) in [5.74, 6) is 0.235. The zero-order valence-electron chi connectivity index (χ0n) is 10.8. The predicted molar refractivity (Wildman–Crippen MR) is 73.6 cm³/mol. The minimum atomic E-state index is -0.626. The summed E-state index contributed by atoms with van der Waals surface area (Å²) < 4.78 is 11.1. The third kappa shape index (κ3) is 4.31. The van der Waals surface area contributed by atoms with Gasteiger partial charge in [-0.2, -0.15) is 0 Å². The fourth-order valence-electron chi connectivity index (χ4n) is 1.55. The number of halogens is 1. The zero-order valence-corrected chi connectivity index (χ0v) is 12.4. The zero-order chi connectivity index (χ0) is 13.7. The predicted octanol–water partition coefficient (Wildman–Crippen LogP) is 2.28. The number of benzene rings is 1. The average Bonchev–Trinajstić information content (AvgIpc) is 2.31. The molecule has 0 saturated carbocycles. The lowest BCUT2D eigenvalue weighted by Gasteiger charge is -2.14. The minimum absolute atomic E-state index is 0.0644. The molecule has 0 spiro atoms. The van der Waals surface area contributed by atoms with E-state index < -0.39 is 12.1 Å². The molecule has 0 fully saturated rings. The Morgan fingerprint density at radius 2 is 2.11 bits per heavy atom. The quantitative estimate of drug-likeness (QED) is 0.847. The molecule has 0 aliphatic rings. The highest BCUT2D eigenvalue weighted by Crippen LogP contribution is 2.24. The van der Waals surface area contributed by atoms with Crippen molar-refractivity contribution >= 4 is 21.9 Å². The molecule has 0 saturated heterocycles. The molecular formula is C13H18BrNO3. The Labute approximate surface area is 116 Å². The van der Waals surface area contributed by atoms with Crippen LogP contribution in [0.1, 0.15) is 19.4 Å². The first kappa shape index (κ1) is 15.0. The van der Waals surface area contributed by atoms with E-state index >= 15 is 0 Å². The molecule has 0 aliphatic heterocycles. The standard InChI is InChI=1S/C13H18BrNO3/c1-8(15)6-10-7-11(4-5-12(10)14)18-9(2)13(16)17-3/h4-5,7-9H,6,15H2,1-3H3. The summed E-state index contributed by atoms with van der Waals surface area (Å²) in [7, 11) is 1.34. The Bertz CT molecular complexity index is 421. The molecule has 0 heterocycles. The summed E-state index contributed by atoms with van der Waals surface area (Å²) in [6, 6.07) is 5.63. The number of hydrogen-bond acceptors (Lipinski definition) is 4. The maximum atomic E-state index is 11.3. The van der Waals surface area contributed by atoms with Crippen molar-refractivity contribution in [3.8, 4) is 5.75 Å². The second-order valence-corrected chi connectivity index (χ2v) is 5.07. The van der Waals surface area contributed by atoms with Crippen LogP contribution in [0.2, 0.25) is 0 Å². The monoisotopic (exact) mass is 315 g/mol. The Morgan fingerprint density at radius 1 is 1.44 bits per heavy atom. The summed E-state index contributed by atoms with van der Waals surface area (Å²) >= 11 is 3.47. The Hall–Kier alpha value is -1.07. The average molecular weight is 316 g/mol. The van der Waals surface area contributed by atoms with E-state index in [1.807, 2.05) is 19.1 Å². The van der Waals surface area contributed by atoms with Gasteiger partial charge in [-0.1, -0.05) is 15.9 Å². The van der Waals surface area contributed by atoms with Crippen molar-refractivity contribution < 1.29 is 14.3 Å². The third-order valence-corrected chi connectivity index (χ3v) is 3.18. The molecule has 1 rings (SSSR count). The second-order valence-electron chi connectivity index (χ2n) is 4.22. The molecule has 0 amide bonds. The van der Waals surface area contributed by atoms with Crippen LogP contribution in [0.25, 0.3) is 0 Å². The lowest BCUT2D eigenvalue weighted by atomic mass is 10.1. The van der Waals surface area contributed by atoms with Crippen molar-refractivity contribution in [1.29, 1.82) is 0 Å². The van der Waals surface area contributed by atoms with E-state index in [4.69, 9.17) is 10.5 Å². The van der Waals surface area contributed by atoms with E-state index in [-0.39, 0.29) is 6.04 Å². The summed E-state index contributed by atoms with van der Waals surface area (Å²) in [4.78, 5) is 11.3. The van der Waals surface area contributed by atoms with Crippen LogP contribution in [0.5, 0.6) is 5.75 Å². The van der Waals surface area contributed by atoms with Crippen LogP contribution in [0.15, 0.2) is 22.7 Å². The molecule has 0 aromatic heterocycles. The molecule has 100 valence electrons. The van der Waals surface area contributed by atoms with E-state index in [9.17, 15) is 4.79 Å². The normalized spacial score (nSPS) is 13.8. The van der Waals surface area contributed by atoms with Gasteiger partial charge in [0.15, 0.2) is 6.10 Å². The molecule has 5 heteroatoms. The maximum absolute atomic E-state index is 11.3. The number of nitrogens with two attached hydrogens (primary N) is 1. The van der Waals surface area contributed by atoms with Gasteiger partial charge in [-0.25, -0.2) is 4.79 Å². The number of esters is 1.